The van der Waals surface area contributed by atoms with E-state index in [1.807, 2.05) is 6.92 Å². The summed E-state index contributed by atoms with van der Waals surface area (Å²) in [5, 5.41) is -0.326. The Kier molecular flexibility index (Phi) is 6.18. The van der Waals surface area contributed by atoms with Crippen molar-refractivity contribution in [1.82, 2.24) is 4.72 Å². The molecule has 1 rings (SSSR count). The minimum Gasteiger partial charge on any atom is -0.463 e. The first-order chi connectivity index (χ1) is 9.44. The first-order valence-electron chi connectivity index (χ1n) is 6.35. The number of methoxy groups -OCH3 is 1. The van der Waals surface area contributed by atoms with E-state index >= 15 is 0 Å². The molecule has 1 aromatic heterocycles. The Hall–Kier alpha value is -1.38. The molecule has 0 aliphatic carbocycles. The summed E-state index contributed by atoms with van der Waals surface area (Å²) in [4.78, 5) is 11.2. The van der Waals surface area contributed by atoms with E-state index in [-0.39, 0.29) is 23.4 Å². The monoisotopic (exact) mass is 304 g/mol. The summed E-state index contributed by atoms with van der Waals surface area (Å²) in [6.07, 6.45) is 2.47. The van der Waals surface area contributed by atoms with Crippen LogP contribution >= 0.6 is 0 Å². The van der Waals surface area contributed by atoms with E-state index in [1.165, 1.54) is 19.2 Å². The molecular weight excluding hydrogens is 284 g/mol. The predicted octanol–water partition coefficient (Wildman–Crippen LogP) is 0.862. The van der Waals surface area contributed by atoms with Crippen LogP contribution in [0.4, 0.5) is 0 Å². The van der Waals surface area contributed by atoms with Gasteiger partial charge in [-0.2, -0.15) is 0 Å². The maximum absolute atomic E-state index is 12.1. The Morgan fingerprint density at radius 3 is 2.75 bits per heavy atom. The predicted molar refractivity (Wildman–Crippen MR) is 72.7 cm³/mol. The van der Waals surface area contributed by atoms with Crippen molar-refractivity contribution in [3.8, 4) is 0 Å². The molecule has 0 spiro atoms. The molecule has 8 heteroatoms. The molecule has 0 bridgehead atoms. The third kappa shape index (κ3) is 4.32. The molecule has 0 saturated carbocycles. The highest BCUT2D eigenvalue weighted by Crippen LogP contribution is 2.15. The van der Waals surface area contributed by atoms with Crippen molar-refractivity contribution >= 4 is 16.0 Å². The molecule has 0 aliphatic heterocycles. The number of ether oxygens (including phenoxy) is 1. The molecule has 7 nitrogen and oxygen atoms in total. The first-order valence-corrected chi connectivity index (χ1v) is 7.83. The zero-order chi connectivity index (χ0) is 15.2. The second kappa shape index (κ2) is 7.41. The van der Waals surface area contributed by atoms with Gasteiger partial charge in [-0.05, 0) is 18.6 Å². The topological polar surface area (TPSA) is 112 Å². The number of nitrogens with two attached hydrogens (primary N) is 1. The summed E-state index contributed by atoms with van der Waals surface area (Å²) in [6.45, 7) is 2.21. The van der Waals surface area contributed by atoms with Crippen molar-refractivity contribution in [3.05, 3.63) is 17.9 Å². The van der Waals surface area contributed by atoms with Gasteiger partial charge in [-0.3, -0.25) is 0 Å². The average Bonchev–Trinajstić information content (AvgIpc) is 2.93. The average molecular weight is 304 g/mol. The molecule has 20 heavy (non-hydrogen) atoms. The molecule has 0 aromatic carbocycles. The molecule has 0 radical (unpaired) electrons. The van der Waals surface area contributed by atoms with Crippen LogP contribution in [-0.2, 0) is 14.8 Å². The summed E-state index contributed by atoms with van der Waals surface area (Å²) in [6, 6.07) is 2.11. The van der Waals surface area contributed by atoms with Crippen LogP contribution in [0.1, 0.15) is 36.7 Å². The van der Waals surface area contributed by atoms with E-state index < -0.39 is 16.0 Å². The Morgan fingerprint density at radius 2 is 2.20 bits per heavy atom. The number of esters is 1. The maximum atomic E-state index is 12.1. The van der Waals surface area contributed by atoms with Gasteiger partial charge in [-0.15, -0.1) is 0 Å². The first kappa shape index (κ1) is 16.7. The second-order valence-corrected chi connectivity index (χ2v) is 5.95. The van der Waals surface area contributed by atoms with Gasteiger partial charge in [0.25, 0.3) is 10.0 Å². The van der Waals surface area contributed by atoms with Crippen molar-refractivity contribution in [1.29, 1.82) is 0 Å². The lowest BCUT2D eigenvalue weighted by Crippen LogP contribution is -2.39. The van der Waals surface area contributed by atoms with Gasteiger partial charge in [-0.1, -0.05) is 19.8 Å². The van der Waals surface area contributed by atoms with Crippen molar-refractivity contribution in [2.24, 2.45) is 5.73 Å². The molecule has 0 amide bonds. The normalized spacial score (nSPS) is 13.2. The van der Waals surface area contributed by atoms with E-state index in [9.17, 15) is 13.2 Å². The lowest BCUT2D eigenvalue weighted by atomic mass is 10.1. The second-order valence-electron chi connectivity index (χ2n) is 4.31. The Labute approximate surface area is 118 Å². The minimum atomic E-state index is -3.83. The number of rotatable bonds is 8. The van der Waals surface area contributed by atoms with Gasteiger partial charge in [0.15, 0.2) is 0 Å². The molecule has 114 valence electrons. The number of carbonyl (C=O) groups excluding carboxylic acids is 1. The van der Waals surface area contributed by atoms with Crippen LogP contribution < -0.4 is 10.5 Å². The van der Waals surface area contributed by atoms with Crippen LogP contribution in [0.25, 0.3) is 0 Å². The number of unbranched alkanes of at least 4 members (excludes halogenated alkanes) is 1. The van der Waals surface area contributed by atoms with Gasteiger partial charge in [0.2, 0.25) is 10.9 Å². The van der Waals surface area contributed by atoms with Gasteiger partial charge < -0.3 is 14.9 Å². The molecule has 0 fully saturated rings. The smallest absolute Gasteiger partial charge is 0.374 e. The van der Waals surface area contributed by atoms with Crippen LogP contribution in [0.2, 0.25) is 0 Å². The number of sulfonamides is 1. The van der Waals surface area contributed by atoms with Gasteiger partial charge in [0, 0.05) is 12.6 Å². The van der Waals surface area contributed by atoms with Gasteiger partial charge in [0.1, 0.15) is 0 Å². The number of nitrogens with one attached hydrogen (secondary N) is 1. The van der Waals surface area contributed by atoms with Crippen LogP contribution in [0.3, 0.4) is 0 Å². The van der Waals surface area contributed by atoms with Crippen LogP contribution in [0.15, 0.2) is 21.6 Å². The molecular formula is C12H20N2O5S. The zero-order valence-corrected chi connectivity index (χ0v) is 12.4. The summed E-state index contributed by atoms with van der Waals surface area (Å²) in [5.74, 6) is -0.890. The number of furan rings is 1. The van der Waals surface area contributed by atoms with Gasteiger partial charge in [-0.25, -0.2) is 17.9 Å². The molecule has 1 heterocycles. The van der Waals surface area contributed by atoms with Crippen LogP contribution in [-0.4, -0.2) is 34.1 Å². The van der Waals surface area contributed by atoms with E-state index in [2.05, 4.69) is 9.46 Å². The fourth-order valence-corrected chi connectivity index (χ4v) is 2.84. The Morgan fingerprint density at radius 1 is 1.50 bits per heavy atom. The molecule has 0 aliphatic rings. The zero-order valence-electron chi connectivity index (χ0n) is 11.6. The molecule has 3 N–H and O–H groups in total. The number of hydrogen-bond donors (Lipinski definition) is 2. The van der Waals surface area contributed by atoms with Crippen molar-refractivity contribution < 1.29 is 22.4 Å². The SMILES string of the molecule is CCCCC(CN)NS(=O)(=O)c1ccc(C(=O)OC)o1. The standard InChI is InChI=1S/C12H20N2O5S/c1-3-4-5-9(8-13)14-20(16,17)11-7-6-10(19-11)12(15)18-2/h6-7,9,14H,3-5,8,13H2,1-2H3. The number of carbonyl (C=O) groups is 1. The van der Waals surface area contributed by atoms with Crippen molar-refractivity contribution in [3.63, 3.8) is 0 Å². The lowest BCUT2D eigenvalue weighted by Gasteiger charge is -2.15. The van der Waals surface area contributed by atoms with E-state index in [0.717, 1.165) is 12.8 Å². The minimum absolute atomic E-state index is 0.161. The third-order valence-electron chi connectivity index (χ3n) is 2.75. The molecule has 1 unspecified atom stereocenters. The number of hydrogen-bond acceptors (Lipinski definition) is 6. The highest BCUT2D eigenvalue weighted by atomic mass is 32.2. The molecule has 1 aromatic rings. The quantitative estimate of drug-likeness (QED) is 0.689. The van der Waals surface area contributed by atoms with E-state index in [0.29, 0.717) is 6.42 Å². The fraction of sp³-hybridized carbons (Fsp3) is 0.583. The third-order valence-corrected chi connectivity index (χ3v) is 4.14. The van der Waals surface area contributed by atoms with Gasteiger partial charge >= 0.3 is 5.97 Å². The van der Waals surface area contributed by atoms with Crippen LogP contribution in [0.5, 0.6) is 0 Å². The highest BCUT2D eigenvalue weighted by Gasteiger charge is 2.24. The molecule has 1 atom stereocenters. The maximum Gasteiger partial charge on any atom is 0.374 e. The van der Waals surface area contributed by atoms with Crippen molar-refractivity contribution in [2.45, 2.75) is 37.3 Å². The molecule has 0 saturated heterocycles. The Bertz CT molecular complexity index is 538. The summed E-state index contributed by atoms with van der Waals surface area (Å²) in [7, 11) is -2.64. The fourth-order valence-electron chi connectivity index (χ4n) is 1.63. The van der Waals surface area contributed by atoms with Gasteiger partial charge in [0.05, 0.1) is 7.11 Å². The van der Waals surface area contributed by atoms with Crippen molar-refractivity contribution in [2.75, 3.05) is 13.7 Å². The van der Waals surface area contributed by atoms with E-state index in [4.69, 9.17) is 10.2 Å². The largest absolute Gasteiger partial charge is 0.463 e. The lowest BCUT2D eigenvalue weighted by molar-refractivity contribution is 0.0559. The van der Waals surface area contributed by atoms with Crippen LogP contribution in [0, 0.1) is 0 Å². The van der Waals surface area contributed by atoms with E-state index in [1.54, 1.807) is 0 Å². The highest BCUT2D eigenvalue weighted by molar-refractivity contribution is 7.89. The summed E-state index contributed by atoms with van der Waals surface area (Å²) in [5.41, 5.74) is 5.54. The summed E-state index contributed by atoms with van der Waals surface area (Å²) >= 11 is 0. The Balaban J connectivity index is 2.82. The summed E-state index contributed by atoms with van der Waals surface area (Å²) < 4.78 is 36.1.